The Hall–Kier alpha value is -1.19. The lowest BCUT2D eigenvalue weighted by atomic mass is 9.97. The molecule has 1 atom stereocenters. The van der Waals surface area contributed by atoms with Crippen LogP contribution in [-0.4, -0.2) is 7.05 Å². The average molecular weight is 322 g/mol. The van der Waals surface area contributed by atoms with E-state index in [-0.39, 0.29) is 11.9 Å². The van der Waals surface area contributed by atoms with E-state index in [4.69, 9.17) is 0 Å². The molecule has 0 saturated heterocycles. The van der Waals surface area contributed by atoms with E-state index in [0.717, 1.165) is 16.5 Å². The molecule has 2 aromatic rings. The van der Waals surface area contributed by atoms with E-state index in [1.54, 1.807) is 6.07 Å². The van der Waals surface area contributed by atoms with Crippen LogP contribution in [0.2, 0.25) is 0 Å². The van der Waals surface area contributed by atoms with Gasteiger partial charge in [0.2, 0.25) is 0 Å². The van der Waals surface area contributed by atoms with Gasteiger partial charge in [-0.05, 0) is 49.7 Å². The Labute approximate surface area is 122 Å². The molecule has 0 saturated carbocycles. The Bertz CT molecular complexity index is 568. The van der Waals surface area contributed by atoms with Gasteiger partial charge >= 0.3 is 0 Å². The van der Waals surface area contributed by atoms with E-state index >= 15 is 0 Å². The standard InChI is InChI=1S/C16H17BrFN/c1-11-6-7-14(15(18)8-11)16(19-2)10-12-4-3-5-13(17)9-12/h3-9,16,19H,10H2,1-2H3. The predicted molar refractivity (Wildman–Crippen MR) is 80.8 cm³/mol. The van der Waals surface area contributed by atoms with E-state index in [9.17, 15) is 4.39 Å². The molecule has 0 aliphatic rings. The van der Waals surface area contributed by atoms with Gasteiger partial charge in [0.15, 0.2) is 0 Å². The number of benzene rings is 2. The van der Waals surface area contributed by atoms with Crippen molar-refractivity contribution in [2.45, 2.75) is 19.4 Å². The van der Waals surface area contributed by atoms with Crippen molar-refractivity contribution >= 4 is 15.9 Å². The van der Waals surface area contributed by atoms with E-state index < -0.39 is 0 Å². The maximum Gasteiger partial charge on any atom is 0.128 e. The van der Waals surface area contributed by atoms with E-state index in [1.165, 1.54) is 5.56 Å². The number of likely N-dealkylation sites (N-methyl/N-ethyl adjacent to an activating group) is 1. The summed E-state index contributed by atoms with van der Waals surface area (Å²) in [5.41, 5.74) is 2.83. The van der Waals surface area contributed by atoms with Gasteiger partial charge in [-0.15, -0.1) is 0 Å². The molecule has 0 amide bonds. The van der Waals surface area contributed by atoms with Gasteiger partial charge in [-0.25, -0.2) is 4.39 Å². The summed E-state index contributed by atoms with van der Waals surface area (Å²) in [5, 5.41) is 3.19. The Kier molecular flexibility index (Phi) is 4.72. The molecule has 0 bridgehead atoms. The molecule has 1 N–H and O–H groups in total. The summed E-state index contributed by atoms with van der Waals surface area (Å²) >= 11 is 3.46. The third kappa shape index (κ3) is 3.64. The van der Waals surface area contributed by atoms with E-state index in [2.05, 4.69) is 33.4 Å². The molecule has 1 nitrogen and oxygen atoms in total. The second-order valence-corrected chi connectivity index (χ2v) is 5.62. The summed E-state index contributed by atoms with van der Waals surface area (Å²) in [6.07, 6.45) is 0.760. The molecule has 2 rings (SSSR count). The Morgan fingerprint density at radius 3 is 2.63 bits per heavy atom. The number of hydrogen-bond acceptors (Lipinski definition) is 1. The molecule has 3 heteroatoms. The Balaban J connectivity index is 2.25. The lowest BCUT2D eigenvalue weighted by Crippen LogP contribution is -2.20. The fraction of sp³-hybridized carbons (Fsp3) is 0.250. The first kappa shape index (κ1) is 14.2. The van der Waals surface area contributed by atoms with Crippen LogP contribution in [0.15, 0.2) is 46.9 Å². The van der Waals surface area contributed by atoms with Crippen molar-refractivity contribution < 1.29 is 4.39 Å². The molecule has 0 aromatic heterocycles. The first-order chi connectivity index (χ1) is 9.10. The minimum absolute atomic E-state index is 0.0186. The molecule has 1 unspecified atom stereocenters. The molecule has 0 radical (unpaired) electrons. The van der Waals surface area contributed by atoms with Crippen molar-refractivity contribution in [2.24, 2.45) is 0 Å². The third-order valence-electron chi connectivity index (χ3n) is 3.21. The van der Waals surface area contributed by atoms with Gasteiger partial charge in [-0.2, -0.15) is 0 Å². The zero-order valence-electron chi connectivity index (χ0n) is 11.1. The number of halogens is 2. The minimum Gasteiger partial charge on any atom is -0.313 e. The maximum absolute atomic E-state index is 14.0. The van der Waals surface area contributed by atoms with Gasteiger partial charge in [-0.1, -0.05) is 40.2 Å². The van der Waals surface area contributed by atoms with Crippen molar-refractivity contribution in [1.29, 1.82) is 0 Å². The maximum atomic E-state index is 14.0. The topological polar surface area (TPSA) is 12.0 Å². The van der Waals surface area contributed by atoms with Gasteiger partial charge < -0.3 is 5.32 Å². The molecule has 100 valence electrons. The zero-order valence-corrected chi connectivity index (χ0v) is 12.7. The van der Waals surface area contributed by atoms with Gasteiger partial charge in [0.25, 0.3) is 0 Å². The highest BCUT2D eigenvalue weighted by Crippen LogP contribution is 2.23. The first-order valence-electron chi connectivity index (χ1n) is 6.28. The van der Waals surface area contributed by atoms with Crippen molar-refractivity contribution in [3.05, 3.63) is 69.4 Å². The molecular formula is C16H17BrFN. The highest BCUT2D eigenvalue weighted by atomic mass is 79.9. The van der Waals surface area contributed by atoms with Crippen LogP contribution < -0.4 is 5.32 Å². The van der Waals surface area contributed by atoms with Crippen LogP contribution in [0.5, 0.6) is 0 Å². The van der Waals surface area contributed by atoms with Crippen LogP contribution in [0.4, 0.5) is 4.39 Å². The van der Waals surface area contributed by atoms with Crippen LogP contribution in [0, 0.1) is 12.7 Å². The Morgan fingerprint density at radius 1 is 1.21 bits per heavy atom. The highest BCUT2D eigenvalue weighted by Gasteiger charge is 2.14. The van der Waals surface area contributed by atoms with Gasteiger partial charge in [0.05, 0.1) is 0 Å². The molecule has 0 aliphatic heterocycles. The lowest BCUT2D eigenvalue weighted by Gasteiger charge is -2.18. The minimum atomic E-state index is -0.144. The number of rotatable bonds is 4. The molecule has 2 aromatic carbocycles. The summed E-state index contributed by atoms with van der Waals surface area (Å²) in [6.45, 7) is 1.90. The van der Waals surface area contributed by atoms with Gasteiger partial charge in [0, 0.05) is 16.1 Å². The van der Waals surface area contributed by atoms with Crippen LogP contribution >= 0.6 is 15.9 Å². The molecule has 0 aliphatic carbocycles. The summed E-state index contributed by atoms with van der Waals surface area (Å²) in [4.78, 5) is 0. The highest BCUT2D eigenvalue weighted by molar-refractivity contribution is 9.10. The van der Waals surface area contributed by atoms with Crippen molar-refractivity contribution in [3.8, 4) is 0 Å². The Morgan fingerprint density at radius 2 is 2.00 bits per heavy atom. The molecular weight excluding hydrogens is 305 g/mol. The summed E-state index contributed by atoms with van der Waals surface area (Å²) < 4.78 is 15.1. The fourth-order valence-electron chi connectivity index (χ4n) is 2.18. The summed E-state index contributed by atoms with van der Waals surface area (Å²) in [6, 6.07) is 13.5. The quantitative estimate of drug-likeness (QED) is 0.880. The molecule has 0 spiro atoms. The second-order valence-electron chi connectivity index (χ2n) is 4.70. The average Bonchev–Trinajstić information content (AvgIpc) is 2.37. The monoisotopic (exact) mass is 321 g/mol. The van der Waals surface area contributed by atoms with Crippen molar-refractivity contribution in [3.63, 3.8) is 0 Å². The van der Waals surface area contributed by atoms with Crippen molar-refractivity contribution in [2.75, 3.05) is 7.05 Å². The SMILES string of the molecule is CNC(Cc1cccc(Br)c1)c1ccc(C)cc1F. The van der Waals surface area contributed by atoms with Crippen LogP contribution in [-0.2, 0) is 6.42 Å². The summed E-state index contributed by atoms with van der Waals surface area (Å²) in [5.74, 6) is -0.144. The van der Waals surface area contributed by atoms with E-state index in [0.29, 0.717) is 5.56 Å². The largest absolute Gasteiger partial charge is 0.313 e. The summed E-state index contributed by atoms with van der Waals surface area (Å²) in [7, 11) is 1.86. The van der Waals surface area contributed by atoms with Crippen LogP contribution in [0.3, 0.4) is 0 Å². The number of nitrogens with one attached hydrogen (secondary N) is 1. The van der Waals surface area contributed by atoms with E-state index in [1.807, 2.05) is 38.2 Å². The molecule has 0 fully saturated rings. The normalized spacial score (nSPS) is 12.4. The van der Waals surface area contributed by atoms with Gasteiger partial charge in [-0.3, -0.25) is 0 Å². The van der Waals surface area contributed by atoms with Crippen LogP contribution in [0.25, 0.3) is 0 Å². The van der Waals surface area contributed by atoms with Gasteiger partial charge in [0.1, 0.15) is 5.82 Å². The lowest BCUT2D eigenvalue weighted by molar-refractivity contribution is 0.533. The second kappa shape index (κ2) is 6.31. The zero-order chi connectivity index (χ0) is 13.8. The fourth-order valence-corrected chi connectivity index (χ4v) is 2.63. The number of hydrogen-bond donors (Lipinski definition) is 1. The first-order valence-corrected chi connectivity index (χ1v) is 7.07. The third-order valence-corrected chi connectivity index (χ3v) is 3.70. The molecule has 19 heavy (non-hydrogen) atoms. The van der Waals surface area contributed by atoms with Crippen molar-refractivity contribution in [1.82, 2.24) is 5.32 Å². The smallest absolute Gasteiger partial charge is 0.128 e. The molecule has 0 heterocycles. The number of aryl methyl sites for hydroxylation is 1. The van der Waals surface area contributed by atoms with Crippen LogP contribution in [0.1, 0.15) is 22.7 Å². The predicted octanol–water partition coefficient (Wildman–Crippen LogP) is 4.40.